The molecule has 1 aliphatic heterocycles. The molecule has 9 heteroatoms. The van der Waals surface area contributed by atoms with Gasteiger partial charge in [0.15, 0.2) is 0 Å². The van der Waals surface area contributed by atoms with Gasteiger partial charge in [-0.05, 0) is 68.1 Å². The number of nitrogens with zero attached hydrogens (tertiary/aromatic N) is 1. The molecule has 6 nitrogen and oxygen atoms in total. The minimum absolute atomic E-state index is 0.146. The van der Waals surface area contributed by atoms with Crippen molar-refractivity contribution in [3.63, 3.8) is 0 Å². The summed E-state index contributed by atoms with van der Waals surface area (Å²) >= 11 is 1.52. The lowest BCUT2D eigenvalue weighted by Gasteiger charge is -2.38. The highest BCUT2D eigenvalue weighted by Gasteiger charge is 2.24. The van der Waals surface area contributed by atoms with E-state index in [1.165, 1.54) is 30.6 Å². The zero-order chi connectivity index (χ0) is 23.8. The monoisotopic (exact) mass is 489 g/mol. The number of ether oxygens (including phenoxy) is 1. The van der Waals surface area contributed by atoms with Gasteiger partial charge in [0, 0.05) is 41.3 Å². The fourth-order valence-corrected chi connectivity index (χ4v) is 5.97. The van der Waals surface area contributed by atoms with Gasteiger partial charge in [0.2, 0.25) is 0 Å². The van der Waals surface area contributed by atoms with Crippen LogP contribution in [0.4, 0.5) is 15.8 Å². The number of piperazine rings is 1. The molecule has 2 N–H and O–H groups in total. The molecule has 33 heavy (non-hydrogen) atoms. The van der Waals surface area contributed by atoms with Crippen molar-refractivity contribution in [1.29, 1.82) is 0 Å². The van der Waals surface area contributed by atoms with E-state index in [1.807, 2.05) is 24.4 Å². The fourth-order valence-electron chi connectivity index (χ4n) is 4.20. The highest BCUT2D eigenvalue weighted by molar-refractivity contribution is 7.92. The smallest absolute Gasteiger partial charge is 0.262 e. The lowest BCUT2D eigenvalue weighted by molar-refractivity contribution is 0.406. The number of anilines is 2. The lowest BCUT2D eigenvalue weighted by Crippen LogP contribution is -2.54. The summed E-state index contributed by atoms with van der Waals surface area (Å²) in [6.45, 7) is 7.78. The molecule has 2 unspecified atom stereocenters. The topological polar surface area (TPSA) is 70.7 Å². The molecule has 1 saturated heterocycles. The van der Waals surface area contributed by atoms with Crippen LogP contribution < -0.4 is 19.7 Å². The van der Waals surface area contributed by atoms with Crippen molar-refractivity contribution in [2.24, 2.45) is 0 Å². The molecule has 2 atom stereocenters. The quantitative estimate of drug-likeness (QED) is 0.518. The Balaban J connectivity index is 1.63. The summed E-state index contributed by atoms with van der Waals surface area (Å²) in [6.07, 6.45) is 0. The average Bonchev–Trinajstić information content (AvgIpc) is 3.18. The lowest BCUT2D eigenvalue weighted by atomic mass is 10.1. The maximum atomic E-state index is 14.8. The maximum absolute atomic E-state index is 14.8. The van der Waals surface area contributed by atoms with Crippen molar-refractivity contribution in [3.8, 4) is 16.9 Å². The molecule has 4 rings (SSSR count). The largest absolute Gasteiger partial charge is 0.495 e. The zero-order valence-electron chi connectivity index (χ0n) is 19.1. The van der Waals surface area contributed by atoms with Gasteiger partial charge in [-0.25, -0.2) is 12.8 Å². The normalized spacial score (nSPS) is 18.9. The molecule has 1 aromatic heterocycles. The highest BCUT2D eigenvalue weighted by atomic mass is 32.2. The number of thiophene rings is 1. The summed E-state index contributed by atoms with van der Waals surface area (Å²) in [5.41, 5.74) is 2.32. The van der Waals surface area contributed by atoms with E-state index >= 15 is 0 Å². The first kappa shape index (κ1) is 23.5. The van der Waals surface area contributed by atoms with Crippen LogP contribution >= 0.6 is 11.3 Å². The molecular weight excluding hydrogens is 461 g/mol. The van der Waals surface area contributed by atoms with E-state index in [0.717, 1.165) is 35.3 Å². The molecule has 0 bridgehead atoms. The summed E-state index contributed by atoms with van der Waals surface area (Å²) in [5, 5.41) is 5.34. The van der Waals surface area contributed by atoms with Crippen LogP contribution in [-0.4, -0.2) is 40.7 Å². The summed E-state index contributed by atoms with van der Waals surface area (Å²) in [5.74, 6) is -0.190. The Kier molecular flexibility index (Phi) is 6.65. The Labute approximate surface area is 198 Å². The number of halogens is 1. The van der Waals surface area contributed by atoms with Crippen molar-refractivity contribution in [1.82, 2.24) is 5.32 Å². The number of methoxy groups -OCH3 is 1. The second kappa shape index (κ2) is 9.32. The van der Waals surface area contributed by atoms with E-state index in [-0.39, 0.29) is 4.90 Å². The van der Waals surface area contributed by atoms with Gasteiger partial charge in [-0.1, -0.05) is 6.07 Å². The third-order valence-electron chi connectivity index (χ3n) is 5.64. The number of hydrogen-bond acceptors (Lipinski definition) is 6. The van der Waals surface area contributed by atoms with Crippen LogP contribution in [0, 0.1) is 12.7 Å². The number of nitrogens with one attached hydrogen (secondary N) is 2. The molecule has 0 amide bonds. The molecule has 1 aliphatic rings. The van der Waals surface area contributed by atoms with Gasteiger partial charge in [-0.2, -0.15) is 0 Å². The Hall–Kier alpha value is -2.62. The number of benzene rings is 2. The molecule has 3 aromatic rings. The van der Waals surface area contributed by atoms with E-state index < -0.39 is 15.8 Å². The van der Waals surface area contributed by atoms with Gasteiger partial charge in [0.25, 0.3) is 10.0 Å². The number of rotatable bonds is 6. The molecule has 0 spiro atoms. The second-order valence-electron chi connectivity index (χ2n) is 8.45. The van der Waals surface area contributed by atoms with Gasteiger partial charge in [0.05, 0.1) is 17.7 Å². The SMILES string of the molecule is COc1ccc(N2CC(C)NC(C)C2)cc1NS(=O)(=O)c1ccc(-c2csc(C)c2)c(F)c1. The summed E-state index contributed by atoms with van der Waals surface area (Å²) < 4.78 is 49.0. The first-order valence-corrected chi connectivity index (χ1v) is 13.1. The zero-order valence-corrected chi connectivity index (χ0v) is 20.7. The van der Waals surface area contributed by atoms with E-state index in [9.17, 15) is 12.8 Å². The van der Waals surface area contributed by atoms with Crippen LogP contribution in [0.1, 0.15) is 18.7 Å². The second-order valence-corrected chi connectivity index (χ2v) is 11.2. The molecule has 2 heterocycles. The maximum Gasteiger partial charge on any atom is 0.262 e. The van der Waals surface area contributed by atoms with Gasteiger partial charge in [0.1, 0.15) is 11.6 Å². The Morgan fingerprint density at radius 3 is 2.45 bits per heavy atom. The van der Waals surface area contributed by atoms with Crippen LogP contribution in [-0.2, 0) is 10.0 Å². The number of aryl methyl sites for hydroxylation is 1. The Morgan fingerprint density at radius 1 is 1.12 bits per heavy atom. The van der Waals surface area contributed by atoms with Gasteiger partial charge in [-0.3, -0.25) is 4.72 Å². The first-order valence-electron chi connectivity index (χ1n) is 10.7. The van der Waals surface area contributed by atoms with Gasteiger partial charge in [-0.15, -0.1) is 11.3 Å². The van der Waals surface area contributed by atoms with E-state index in [4.69, 9.17) is 4.74 Å². The summed E-state index contributed by atoms with van der Waals surface area (Å²) in [7, 11) is -2.54. The van der Waals surface area contributed by atoms with Crippen molar-refractivity contribution in [2.45, 2.75) is 37.8 Å². The summed E-state index contributed by atoms with van der Waals surface area (Å²) in [6, 6.07) is 11.9. The molecule has 176 valence electrons. The summed E-state index contributed by atoms with van der Waals surface area (Å²) in [4.78, 5) is 3.12. The van der Waals surface area contributed by atoms with E-state index in [1.54, 1.807) is 12.1 Å². The predicted molar refractivity (Wildman–Crippen MR) is 133 cm³/mol. The van der Waals surface area contributed by atoms with Crippen LogP contribution in [0.3, 0.4) is 0 Å². The van der Waals surface area contributed by atoms with Crippen molar-refractivity contribution in [3.05, 3.63) is 58.5 Å². The molecule has 0 aliphatic carbocycles. The van der Waals surface area contributed by atoms with Crippen molar-refractivity contribution < 1.29 is 17.5 Å². The minimum Gasteiger partial charge on any atom is -0.495 e. The third-order valence-corrected chi connectivity index (χ3v) is 7.87. The Bertz CT molecular complexity index is 1250. The molecular formula is C24H28FN3O3S2. The number of sulfonamides is 1. The standard InChI is InChI=1S/C24H28FN3O3S2/c1-15-12-28(13-16(2)26-15)19-5-8-24(31-4)23(10-19)27-33(29,30)20-6-7-21(22(25)11-20)18-9-17(3)32-14-18/h5-11,14-16,26-27H,12-13H2,1-4H3. The average molecular weight is 490 g/mol. The van der Waals surface area contributed by atoms with Crippen LogP contribution in [0.15, 0.2) is 52.7 Å². The van der Waals surface area contributed by atoms with Gasteiger partial charge < -0.3 is 15.0 Å². The molecule has 2 aromatic carbocycles. The third kappa shape index (κ3) is 5.15. The fraction of sp³-hybridized carbons (Fsp3) is 0.333. The van der Waals surface area contributed by atoms with E-state index in [0.29, 0.717) is 29.1 Å². The minimum atomic E-state index is -4.03. The van der Waals surface area contributed by atoms with Crippen molar-refractivity contribution in [2.75, 3.05) is 29.8 Å². The molecule has 1 fully saturated rings. The highest BCUT2D eigenvalue weighted by Crippen LogP contribution is 2.33. The molecule has 0 radical (unpaired) electrons. The predicted octanol–water partition coefficient (Wildman–Crippen LogP) is 4.86. The van der Waals surface area contributed by atoms with Crippen molar-refractivity contribution >= 4 is 32.7 Å². The van der Waals surface area contributed by atoms with Crippen LogP contribution in [0.5, 0.6) is 5.75 Å². The Morgan fingerprint density at radius 2 is 1.85 bits per heavy atom. The number of hydrogen-bond donors (Lipinski definition) is 2. The van der Waals surface area contributed by atoms with E-state index in [2.05, 4.69) is 28.8 Å². The first-order chi connectivity index (χ1) is 15.7. The van der Waals surface area contributed by atoms with Crippen LogP contribution in [0.2, 0.25) is 0 Å². The van der Waals surface area contributed by atoms with Crippen LogP contribution in [0.25, 0.3) is 11.1 Å². The van der Waals surface area contributed by atoms with Gasteiger partial charge >= 0.3 is 0 Å². The molecule has 0 saturated carbocycles.